The third-order valence-corrected chi connectivity index (χ3v) is 6.71. The van der Waals surface area contributed by atoms with Crippen molar-refractivity contribution in [1.82, 2.24) is 25.0 Å². The molecule has 9 heteroatoms. The standard InChI is InChI=1S/C21H37N7OS/c1-3-23-20(27-13-7-8-16(15-27)14-18(22)29)24-12-6-11-19-25-26-21(30-2)28(19)17-9-4-5-10-17/h16-17H,3-15H2,1-2H3,(H2,22,29)(H,23,24). The van der Waals surface area contributed by atoms with Gasteiger partial charge in [0.05, 0.1) is 0 Å². The number of amides is 1. The summed E-state index contributed by atoms with van der Waals surface area (Å²) in [5, 5.41) is 13.4. The Hall–Kier alpha value is -1.77. The van der Waals surface area contributed by atoms with Gasteiger partial charge in [-0.15, -0.1) is 10.2 Å². The Morgan fingerprint density at radius 3 is 2.77 bits per heavy atom. The zero-order chi connectivity index (χ0) is 21.3. The van der Waals surface area contributed by atoms with E-state index in [2.05, 4.69) is 38.2 Å². The second-order valence-electron chi connectivity index (χ2n) is 8.38. The molecule has 30 heavy (non-hydrogen) atoms. The molecule has 1 unspecified atom stereocenters. The summed E-state index contributed by atoms with van der Waals surface area (Å²) >= 11 is 1.69. The smallest absolute Gasteiger partial charge is 0.217 e. The third-order valence-electron chi connectivity index (χ3n) is 6.07. The lowest BCUT2D eigenvalue weighted by Crippen LogP contribution is -2.47. The summed E-state index contributed by atoms with van der Waals surface area (Å²) in [6, 6.07) is 0.564. The molecule has 2 heterocycles. The fourth-order valence-electron chi connectivity index (χ4n) is 4.70. The SMILES string of the molecule is CCNC(=NCCCc1nnc(SC)n1C1CCCC1)N1CCCC(CC(N)=O)C1. The van der Waals surface area contributed by atoms with Crippen molar-refractivity contribution in [2.45, 2.75) is 75.9 Å². The van der Waals surface area contributed by atoms with Crippen molar-refractivity contribution in [2.24, 2.45) is 16.6 Å². The largest absolute Gasteiger partial charge is 0.370 e. The average Bonchev–Trinajstić information content (AvgIpc) is 3.39. The Morgan fingerprint density at radius 1 is 1.27 bits per heavy atom. The van der Waals surface area contributed by atoms with Gasteiger partial charge in [0.2, 0.25) is 5.91 Å². The molecule has 168 valence electrons. The number of nitrogens with two attached hydrogens (primary N) is 1. The number of aryl methyl sites for hydroxylation is 1. The number of rotatable bonds is 9. The van der Waals surface area contributed by atoms with Crippen LogP contribution in [0.25, 0.3) is 0 Å². The number of piperidine rings is 1. The molecule has 1 aromatic heterocycles. The van der Waals surface area contributed by atoms with Crippen LogP contribution in [-0.4, -0.2) is 64.0 Å². The van der Waals surface area contributed by atoms with Gasteiger partial charge in [-0.25, -0.2) is 0 Å². The van der Waals surface area contributed by atoms with E-state index in [0.717, 1.165) is 68.8 Å². The van der Waals surface area contributed by atoms with Gasteiger partial charge in [0.25, 0.3) is 0 Å². The van der Waals surface area contributed by atoms with Crippen LogP contribution in [0, 0.1) is 5.92 Å². The van der Waals surface area contributed by atoms with Crippen molar-refractivity contribution in [3.05, 3.63) is 5.82 Å². The number of aromatic nitrogens is 3. The van der Waals surface area contributed by atoms with E-state index < -0.39 is 0 Å². The lowest BCUT2D eigenvalue weighted by atomic mass is 9.95. The molecule has 1 saturated carbocycles. The molecule has 1 aliphatic heterocycles. The van der Waals surface area contributed by atoms with Crippen molar-refractivity contribution in [3.8, 4) is 0 Å². The van der Waals surface area contributed by atoms with E-state index in [1.54, 1.807) is 11.8 Å². The highest BCUT2D eigenvalue weighted by Gasteiger charge is 2.24. The van der Waals surface area contributed by atoms with E-state index in [4.69, 9.17) is 10.7 Å². The fraction of sp³-hybridized carbons (Fsp3) is 0.810. The highest BCUT2D eigenvalue weighted by molar-refractivity contribution is 7.98. The molecule has 2 aliphatic rings. The number of guanidine groups is 1. The number of thioether (sulfide) groups is 1. The quantitative estimate of drug-likeness (QED) is 0.268. The molecule has 3 rings (SSSR count). The van der Waals surface area contributed by atoms with Gasteiger partial charge in [-0.3, -0.25) is 9.79 Å². The van der Waals surface area contributed by atoms with Gasteiger partial charge in [0.15, 0.2) is 11.1 Å². The van der Waals surface area contributed by atoms with Gasteiger partial charge in [-0.1, -0.05) is 24.6 Å². The summed E-state index contributed by atoms with van der Waals surface area (Å²) in [7, 11) is 0. The molecule has 3 N–H and O–H groups in total. The maximum absolute atomic E-state index is 11.3. The molecule has 1 amide bonds. The minimum absolute atomic E-state index is 0.209. The number of carbonyl (C=O) groups is 1. The molecule has 0 aromatic carbocycles. The van der Waals surface area contributed by atoms with Crippen LogP contribution in [0.15, 0.2) is 10.1 Å². The Kier molecular flexibility index (Phi) is 8.84. The van der Waals surface area contributed by atoms with Gasteiger partial charge in [-0.05, 0) is 51.2 Å². The van der Waals surface area contributed by atoms with Crippen LogP contribution in [0.2, 0.25) is 0 Å². The number of nitrogens with one attached hydrogen (secondary N) is 1. The number of nitrogens with zero attached hydrogens (tertiary/aromatic N) is 5. The molecule has 1 saturated heterocycles. The van der Waals surface area contributed by atoms with E-state index in [0.29, 0.717) is 18.4 Å². The van der Waals surface area contributed by atoms with Gasteiger partial charge in [0.1, 0.15) is 5.82 Å². The lowest BCUT2D eigenvalue weighted by Gasteiger charge is -2.34. The monoisotopic (exact) mass is 435 g/mol. The summed E-state index contributed by atoms with van der Waals surface area (Å²) in [4.78, 5) is 18.5. The molecule has 2 fully saturated rings. The zero-order valence-corrected chi connectivity index (χ0v) is 19.3. The van der Waals surface area contributed by atoms with E-state index >= 15 is 0 Å². The lowest BCUT2D eigenvalue weighted by molar-refractivity contribution is -0.119. The number of hydrogen-bond donors (Lipinski definition) is 2. The first-order valence-corrected chi connectivity index (χ1v) is 12.6. The first-order chi connectivity index (χ1) is 14.6. The summed E-state index contributed by atoms with van der Waals surface area (Å²) in [5.74, 6) is 2.18. The van der Waals surface area contributed by atoms with E-state index in [9.17, 15) is 4.79 Å². The molecule has 1 aliphatic carbocycles. The number of hydrogen-bond acceptors (Lipinski definition) is 5. The number of primary amides is 1. The second-order valence-corrected chi connectivity index (χ2v) is 9.15. The van der Waals surface area contributed by atoms with Crippen molar-refractivity contribution >= 4 is 23.6 Å². The summed E-state index contributed by atoms with van der Waals surface area (Å²) in [5.41, 5.74) is 5.41. The molecule has 1 aromatic rings. The van der Waals surface area contributed by atoms with Crippen LogP contribution in [0.4, 0.5) is 0 Å². The minimum atomic E-state index is -0.209. The van der Waals surface area contributed by atoms with Crippen LogP contribution >= 0.6 is 11.8 Å². The molecule has 0 radical (unpaired) electrons. The van der Waals surface area contributed by atoms with Gasteiger partial charge in [-0.2, -0.15) is 0 Å². The van der Waals surface area contributed by atoms with Crippen LogP contribution in [0.3, 0.4) is 0 Å². The topological polar surface area (TPSA) is 101 Å². The maximum atomic E-state index is 11.3. The van der Waals surface area contributed by atoms with Crippen molar-refractivity contribution in [1.29, 1.82) is 0 Å². The highest BCUT2D eigenvalue weighted by atomic mass is 32.2. The first-order valence-electron chi connectivity index (χ1n) is 11.4. The minimum Gasteiger partial charge on any atom is -0.370 e. The predicted molar refractivity (Wildman–Crippen MR) is 122 cm³/mol. The summed E-state index contributed by atoms with van der Waals surface area (Å²) < 4.78 is 2.38. The number of likely N-dealkylation sites (tertiary alicyclic amines) is 1. The van der Waals surface area contributed by atoms with Crippen molar-refractivity contribution in [2.75, 3.05) is 32.4 Å². The van der Waals surface area contributed by atoms with E-state index in [1.165, 1.54) is 25.7 Å². The second kappa shape index (κ2) is 11.6. The van der Waals surface area contributed by atoms with Crippen molar-refractivity contribution < 1.29 is 4.79 Å². The van der Waals surface area contributed by atoms with Crippen molar-refractivity contribution in [3.63, 3.8) is 0 Å². The maximum Gasteiger partial charge on any atom is 0.217 e. The highest BCUT2D eigenvalue weighted by Crippen LogP contribution is 2.33. The summed E-state index contributed by atoms with van der Waals surface area (Å²) in [6.45, 7) is 5.51. The molecule has 0 spiro atoms. The molecular formula is C21H37N7OS. The van der Waals surface area contributed by atoms with Gasteiger partial charge in [0, 0.05) is 45.1 Å². The van der Waals surface area contributed by atoms with E-state index in [1.807, 2.05) is 0 Å². The Balaban J connectivity index is 1.57. The normalized spacial score (nSPS) is 20.7. The molecular weight excluding hydrogens is 398 g/mol. The fourth-order valence-corrected chi connectivity index (χ4v) is 5.28. The molecule has 8 nitrogen and oxygen atoms in total. The Labute approximate surface area is 184 Å². The van der Waals surface area contributed by atoms with Crippen LogP contribution < -0.4 is 11.1 Å². The van der Waals surface area contributed by atoms with Gasteiger partial charge >= 0.3 is 0 Å². The van der Waals surface area contributed by atoms with Gasteiger partial charge < -0.3 is 20.5 Å². The summed E-state index contributed by atoms with van der Waals surface area (Å²) in [6.07, 6.45) is 11.6. The Morgan fingerprint density at radius 2 is 2.07 bits per heavy atom. The van der Waals surface area contributed by atoms with Crippen LogP contribution in [0.1, 0.15) is 70.2 Å². The van der Waals surface area contributed by atoms with E-state index in [-0.39, 0.29) is 5.91 Å². The number of carbonyl (C=O) groups excluding carboxylic acids is 1. The average molecular weight is 436 g/mol. The third kappa shape index (κ3) is 6.12. The number of aliphatic imine (C=N–C) groups is 1. The zero-order valence-electron chi connectivity index (χ0n) is 18.5. The first kappa shape index (κ1) is 22.9. The van der Waals surface area contributed by atoms with Crippen LogP contribution in [0.5, 0.6) is 0 Å². The molecule has 0 bridgehead atoms. The van der Waals surface area contributed by atoms with Crippen LogP contribution in [-0.2, 0) is 11.2 Å². The Bertz CT molecular complexity index is 714. The predicted octanol–water partition coefficient (Wildman–Crippen LogP) is 2.60. The molecule has 1 atom stereocenters.